The Kier molecular flexibility index (Phi) is 7.32. The van der Waals surface area contributed by atoms with Gasteiger partial charge >= 0.3 is 12.0 Å². The first-order chi connectivity index (χ1) is 9.90. The lowest BCUT2D eigenvalue weighted by atomic mass is 10.2. The third-order valence-electron chi connectivity index (χ3n) is 2.85. The van der Waals surface area contributed by atoms with Crippen LogP contribution in [0.4, 0.5) is 10.5 Å². The fourth-order valence-electron chi connectivity index (χ4n) is 1.69. The van der Waals surface area contributed by atoms with Crippen molar-refractivity contribution in [1.29, 1.82) is 0 Å². The summed E-state index contributed by atoms with van der Waals surface area (Å²) >= 11 is 12.0. The molecule has 7 heteroatoms. The van der Waals surface area contributed by atoms with Crippen molar-refractivity contribution in [2.75, 3.05) is 11.9 Å². The van der Waals surface area contributed by atoms with Crippen LogP contribution >= 0.6 is 23.2 Å². The average Bonchev–Trinajstić information content (AvgIpc) is 2.39. The molecule has 0 atom stereocenters. The molecule has 3 N–H and O–H groups in total. The van der Waals surface area contributed by atoms with Gasteiger partial charge in [-0.05, 0) is 37.5 Å². The van der Waals surface area contributed by atoms with E-state index in [0.717, 1.165) is 18.4 Å². The lowest BCUT2D eigenvalue weighted by molar-refractivity contribution is -0.137. The highest BCUT2D eigenvalue weighted by atomic mass is 35.5. The molecule has 0 bridgehead atoms. The van der Waals surface area contributed by atoms with Crippen molar-refractivity contribution >= 4 is 40.9 Å². The van der Waals surface area contributed by atoms with Crippen molar-refractivity contribution < 1.29 is 14.7 Å². The van der Waals surface area contributed by atoms with E-state index in [0.29, 0.717) is 28.7 Å². The summed E-state index contributed by atoms with van der Waals surface area (Å²) in [6.45, 7) is 2.30. The quantitative estimate of drug-likeness (QED) is 0.658. The van der Waals surface area contributed by atoms with Crippen LogP contribution in [0.2, 0.25) is 10.0 Å². The van der Waals surface area contributed by atoms with Gasteiger partial charge in [0.2, 0.25) is 0 Å². The van der Waals surface area contributed by atoms with Crippen LogP contribution in [0.25, 0.3) is 0 Å². The average molecular weight is 333 g/mol. The molecule has 1 aromatic carbocycles. The molecule has 0 saturated heterocycles. The summed E-state index contributed by atoms with van der Waals surface area (Å²) in [5, 5.41) is 14.8. The Hall–Kier alpha value is -1.46. The minimum Gasteiger partial charge on any atom is -0.481 e. The molecular weight excluding hydrogens is 315 g/mol. The Labute approximate surface area is 133 Å². The molecule has 1 rings (SSSR count). The number of carboxylic acid groups (broad SMARTS) is 1. The zero-order valence-corrected chi connectivity index (χ0v) is 13.2. The van der Waals surface area contributed by atoms with Gasteiger partial charge in [0.15, 0.2) is 0 Å². The normalized spacial score (nSPS) is 10.2. The van der Waals surface area contributed by atoms with Crippen LogP contribution in [0.1, 0.15) is 31.2 Å². The van der Waals surface area contributed by atoms with E-state index in [2.05, 4.69) is 10.6 Å². The number of nitrogens with one attached hydrogen (secondary N) is 2. The number of hydrogen-bond donors (Lipinski definition) is 3. The minimum absolute atomic E-state index is 0.156. The summed E-state index contributed by atoms with van der Waals surface area (Å²) in [6.07, 6.45) is 2.24. The first-order valence-electron chi connectivity index (χ1n) is 6.62. The molecule has 0 radical (unpaired) electrons. The largest absolute Gasteiger partial charge is 0.481 e. The number of aryl methyl sites for hydroxylation is 1. The summed E-state index contributed by atoms with van der Waals surface area (Å²) in [5.41, 5.74) is 1.29. The molecular formula is C14H18Cl2N2O3. The van der Waals surface area contributed by atoms with Gasteiger partial charge < -0.3 is 15.7 Å². The zero-order chi connectivity index (χ0) is 15.8. The second-order valence-corrected chi connectivity index (χ2v) is 5.48. The molecule has 0 spiro atoms. The smallest absolute Gasteiger partial charge is 0.319 e. The number of benzene rings is 1. The van der Waals surface area contributed by atoms with Crippen LogP contribution in [0.15, 0.2) is 12.1 Å². The van der Waals surface area contributed by atoms with E-state index in [9.17, 15) is 9.59 Å². The van der Waals surface area contributed by atoms with Crippen molar-refractivity contribution in [3.05, 3.63) is 27.7 Å². The van der Waals surface area contributed by atoms with Gasteiger partial charge in [0, 0.05) is 18.0 Å². The Balaban J connectivity index is 2.31. The van der Waals surface area contributed by atoms with Gasteiger partial charge in [-0.3, -0.25) is 4.79 Å². The molecule has 0 aromatic heterocycles. The number of urea groups is 1. The standard InChI is InChI=1S/C14H18Cl2N2O3/c1-9-7-11(16)12(8-10(9)15)18-14(21)17-6-4-2-3-5-13(19)20/h7-8H,2-6H2,1H3,(H,19,20)(H2,17,18,21). The summed E-state index contributed by atoms with van der Waals surface area (Å²) in [4.78, 5) is 22.0. The highest BCUT2D eigenvalue weighted by Crippen LogP contribution is 2.28. The first-order valence-corrected chi connectivity index (χ1v) is 7.38. The lowest BCUT2D eigenvalue weighted by Crippen LogP contribution is -2.29. The first kappa shape index (κ1) is 17.6. The van der Waals surface area contributed by atoms with Crippen LogP contribution in [-0.2, 0) is 4.79 Å². The predicted molar refractivity (Wildman–Crippen MR) is 84.3 cm³/mol. The molecule has 116 valence electrons. The maximum absolute atomic E-state index is 11.7. The third-order valence-corrected chi connectivity index (χ3v) is 3.57. The van der Waals surface area contributed by atoms with Gasteiger partial charge in [0.25, 0.3) is 0 Å². The van der Waals surface area contributed by atoms with Crippen LogP contribution in [0.3, 0.4) is 0 Å². The number of unbranched alkanes of at least 4 members (excludes halogenated alkanes) is 2. The maximum atomic E-state index is 11.7. The highest BCUT2D eigenvalue weighted by molar-refractivity contribution is 6.36. The van der Waals surface area contributed by atoms with Crippen LogP contribution in [0, 0.1) is 6.92 Å². The van der Waals surface area contributed by atoms with E-state index >= 15 is 0 Å². The maximum Gasteiger partial charge on any atom is 0.319 e. The van der Waals surface area contributed by atoms with Crippen molar-refractivity contribution in [1.82, 2.24) is 5.32 Å². The number of aliphatic carboxylic acids is 1. The summed E-state index contributed by atoms with van der Waals surface area (Å²) in [7, 11) is 0. The number of carbonyl (C=O) groups is 2. The SMILES string of the molecule is Cc1cc(Cl)c(NC(=O)NCCCCCC(=O)O)cc1Cl. The number of carboxylic acids is 1. The topological polar surface area (TPSA) is 78.4 Å². The van der Waals surface area contributed by atoms with Crippen LogP contribution in [0.5, 0.6) is 0 Å². The molecule has 1 aromatic rings. The Bertz CT molecular complexity index is 521. The summed E-state index contributed by atoms with van der Waals surface area (Å²) in [6, 6.07) is 2.92. The van der Waals surface area contributed by atoms with E-state index in [1.165, 1.54) is 0 Å². The van der Waals surface area contributed by atoms with Crippen LogP contribution < -0.4 is 10.6 Å². The molecule has 0 heterocycles. The number of anilines is 1. The third kappa shape index (κ3) is 6.69. The van der Waals surface area contributed by atoms with Crippen LogP contribution in [-0.4, -0.2) is 23.7 Å². The predicted octanol–water partition coefficient (Wildman–Crippen LogP) is 4.07. The molecule has 0 aliphatic heterocycles. The number of halogens is 2. The van der Waals surface area contributed by atoms with Gasteiger partial charge in [-0.25, -0.2) is 4.79 Å². The fraction of sp³-hybridized carbons (Fsp3) is 0.429. The zero-order valence-electron chi connectivity index (χ0n) is 11.7. The minimum atomic E-state index is -0.799. The fourth-order valence-corrected chi connectivity index (χ4v) is 2.12. The molecule has 0 saturated carbocycles. The van der Waals surface area contributed by atoms with Gasteiger partial charge in [0.1, 0.15) is 0 Å². The Morgan fingerprint density at radius 2 is 1.86 bits per heavy atom. The lowest BCUT2D eigenvalue weighted by Gasteiger charge is -2.10. The number of amides is 2. The van der Waals surface area contributed by atoms with Crippen molar-refractivity contribution in [2.45, 2.75) is 32.6 Å². The Morgan fingerprint density at radius 3 is 2.52 bits per heavy atom. The number of rotatable bonds is 7. The monoisotopic (exact) mass is 332 g/mol. The molecule has 21 heavy (non-hydrogen) atoms. The number of hydrogen-bond acceptors (Lipinski definition) is 2. The van der Waals surface area contributed by atoms with Gasteiger partial charge in [0.05, 0.1) is 10.7 Å². The highest BCUT2D eigenvalue weighted by Gasteiger charge is 2.08. The molecule has 2 amide bonds. The van der Waals surface area contributed by atoms with E-state index in [1.54, 1.807) is 12.1 Å². The van der Waals surface area contributed by atoms with E-state index < -0.39 is 5.97 Å². The van der Waals surface area contributed by atoms with Crippen molar-refractivity contribution in [3.63, 3.8) is 0 Å². The summed E-state index contributed by atoms with van der Waals surface area (Å²) in [5.74, 6) is -0.799. The van der Waals surface area contributed by atoms with E-state index in [1.807, 2.05) is 6.92 Å². The number of carbonyl (C=O) groups excluding carboxylic acids is 1. The van der Waals surface area contributed by atoms with E-state index in [4.69, 9.17) is 28.3 Å². The molecule has 0 unspecified atom stereocenters. The van der Waals surface area contributed by atoms with Gasteiger partial charge in [-0.2, -0.15) is 0 Å². The Morgan fingerprint density at radius 1 is 1.14 bits per heavy atom. The summed E-state index contributed by atoms with van der Waals surface area (Å²) < 4.78 is 0. The molecule has 0 fully saturated rings. The van der Waals surface area contributed by atoms with E-state index in [-0.39, 0.29) is 12.5 Å². The second kappa shape index (κ2) is 8.74. The van der Waals surface area contributed by atoms with Crippen molar-refractivity contribution in [3.8, 4) is 0 Å². The van der Waals surface area contributed by atoms with Gasteiger partial charge in [-0.15, -0.1) is 0 Å². The molecule has 0 aliphatic carbocycles. The second-order valence-electron chi connectivity index (χ2n) is 4.67. The van der Waals surface area contributed by atoms with Gasteiger partial charge in [-0.1, -0.05) is 29.6 Å². The molecule has 5 nitrogen and oxygen atoms in total. The molecule has 0 aliphatic rings. The van der Waals surface area contributed by atoms with Crippen molar-refractivity contribution in [2.24, 2.45) is 0 Å².